The highest BCUT2D eigenvalue weighted by atomic mass is 16.7. The molecule has 0 amide bonds. The van der Waals surface area contributed by atoms with Crippen LogP contribution in [-0.2, 0) is 19.0 Å². The molecule has 0 aromatic carbocycles. The van der Waals surface area contributed by atoms with Gasteiger partial charge in [0, 0.05) is 56.9 Å². The number of piperidine rings is 1. The van der Waals surface area contributed by atoms with Crippen LogP contribution < -0.4 is 0 Å². The van der Waals surface area contributed by atoms with E-state index in [2.05, 4.69) is 11.8 Å². The zero-order chi connectivity index (χ0) is 23.6. The Labute approximate surface area is 195 Å². The Morgan fingerprint density at radius 1 is 1.12 bits per heavy atom. The van der Waals surface area contributed by atoms with Crippen LogP contribution in [-0.4, -0.2) is 89.7 Å². The number of rotatable bonds is 5. The smallest absolute Gasteiger partial charge is 0.305 e. The summed E-state index contributed by atoms with van der Waals surface area (Å²) in [6.07, 6.45) is 3.20. The lowest BCUT2D eigenvalue weighted by atomic mass is 9.43. The predicted molar refractivity (Wildman–Crippen MR) is 117 cm³/mol. The van der Waals surface area contributed by atoms with Crippen molar-refractivity contribution in [1.29, 1.82) is 0 Å². The van der Waals surface area contributed by atoms with Gasteiger partial charge in [-0.05, 0) is 44.1 Å². The largest absolute Gasteiger partial charge is 0.433 e. The third-order valence-electron chi connectivity index (χ3n) is 11.4. The van der Waals surface area contributed by atoms with Crippen LogP contribution in [0.1, 0.15) is 46.0 Å². The first-order chi connectivity index (χ1) is 15.7. The van der Waals surface area contributed by atoms with Crippen molar-refractivity contribution in [1.82, 2.24) is 4.90 Å². The van der Waals surface area contributed by atoms with Crippen LogP contribution in [0.15, 0.2) is 0 Å². The Morgan fingerprint density at radius 2 is 1.88 bits per heavy atom. The molecule has 7 bridgehead atoms. The molecular formula is C25H39NO7. The third-order valence-corrected chi connectivity index (χ3v) is 11.4. The summed E-state index contributed by atoms with van der Waals surface area (Å²) < 4.78 is 17.8. The number of carbonyl (C=O) groups excluding carboxylic acids is 1. The molecule has 0 unspecified atom stereocenters. The first kappa shape index (κ1) is 22.7. The third kappa shape index (κ3) is 2.32. The fraction of sp³-hybridized carbons (Fsp3) is 0.960. The minimum Gasteiger partial charge on any atom is -0.433 e. The highest BCUT2D eigenvalue weighted by molar-refractivity contribution is 5.66. The van der Waals surface area contributed by atoms with Crippen LogP contribution in [0, 0.1) is 40.4 Å². The number of likely N-dealkylation sites (tertiary alicyclic amines) is 1. The average molecular weight is 466 g/mol. The van der Waals surface area contributed by atoms with E-state index in [0.717, 1.165) is 32.4 Å². The van der Waals surface area contributed by atoms with Crippen molar-refractivity contribution in [3.8, 4) is 0 Å². The molecule has 1 heterocycles. The topological polar surface area (TPSA) is 109 Å². The summed E-state index contributed by atoms with van der Waals surface area (Å²) in [6.45, 7) is 5.28. The number of esters is 1. The zero-order valence-electron chi connectivity index (χ0n) is 20.2. The van der Waals surface area contributed by atoms with Crippen molar-refractivity contribution in [3.63, 3.8) is 0 Å². The standard InChI is InChI=1S/C25H39NO7/c1-5-26-11-22(12-27)7-6-19(32-4)24-15-8-14-17(31-3)10-23(29,16(21(24)26)9-18(22)24)20(15)25(14,30)33-13(2)28/h14-21,27,29-30H,5-12H2,1-4H3/t14-,15-,16+,17+,18-,19+,20+,21-,22+,23+,24-,25-/m1/s1. The SMILES string of the molecule is CCN1C[C@]2(CO)CC[C@H](OC)[C@@]34[C@@H]5C[C@@H]6[C@@H](OC)C[C@](O)([C@@H](C[C@H]23)[C@@H]14)[C@H]5[C@]6(O)OC(C)=O. The molecule has 3 N–H and O–H groups in total. The van der Waals surface area contributed by atoms with E-state index in [1.54, 1.807) is 14.2 Å². The number of nitrogens with zero attached hydrogens (tertiary/aromatic N) is 1. The minimum absolute atomic E-state index is 0.0250. The summed E-state index contributed by atoms with van der Waals surface area (Å²) in [4.78, 5) is 14.7. The van der Waals surface area contributed by atoms with Gasteiger partial charge in [-0.2, -0.15) is 0 Å². The maximum atomic E-state index is 12.6. The van der Waals surface area contributed by atoms with E-state index in [9.17, 15) is 20.1 Å². The van der Waals surface area contributed by atoms with Crippen molar-refractivity contribution < 1.29 is 34.3 Å². The summed E-state index contributed by atoms with van der Waals surface area (Å²) in [5.41, 5.74) is -1.76. The van der Waals surface area contributed by atoms with Crippen LogP contribution in [0.3, 0.4) is 0 Å². The van der Waals surface area contributed by atoms with Gasteiger partial charge in [0.15, 0.2) is 0 Å². The van der Waals surface area contributed by atoms with Gasteiger partial charge in [0.25, 0.3) is 0 Å². The van der Waals surface area contributed by atoms with E-state index < -0.39 is 35.3 Å². The molecule has 6 aliphatic rings. The Hall–Kier alpha value is -0.770. The molecule has 6 rings (SSSR count). The van der Waals surface area contributed by atoms with E-state index in [-0.39, 0.29) is 47.3 Å². The maximum absolute atomic E-state index is 12.6. The zero-order valence-corrected chi connectivity index (χ0v) is 20.2. The molecule has 1 aliphatic heterocycles. The summed E-state index contributed by atoms with van der Waals surface area (Å²) in [6, 6.07) is 0.111. The number of hydrogen-bond donors (Lipinski definition) is 3. The number of carbonyl (C=O) groups is 1. The van der Waals surface area contributed by atoms with Gasteiger partial charge in [-0.25, -0.2) is 0 Å². The second-order valence-electron chi connectivity index (χ2n) is 11.9. The van der Waals surface area contributed by atoms with Gasteiger partial charge < -0.3 is 29.5 Å². The highest BCUT2D eigenvalue weighted by Gasteiger charge is 2.86. The Bertz CT molecular complexity index is 855. The summed E-state index contributed by atoms with van der Waals surface area (Å²) >= 11 is 0. The molecule has 12 atom stereocenters. The van der Waals surface area contributed by atoms with E-state index in [0.29, 0.717) is 12.8 Å². The first-order valence-electron chi connectivity index (χ1n) is 12.7. The lowest BCUT2D eigenvalue weighted by molar-refractivity contribution is -0.339. The van der Waals surface area contributed by atoms with Crippen LogP contribution >= 0.6 is 0 Å². The first-order valence-corrected chi connectivity index (χ1v) is 12.7. The van der Waals surface area contributed by atoms with Gasteiger partial charge in [0.1, 0.15) is 0 Å². The molecule has 8 nitrogen and oxygen atoms in total. The van der Waals surface area contributed by atoms with Crippen LogP contribution in [0.25, 0.3) is 0 Å². The molecule has 0 radical (unpaired) electrons. The van der Waals surface area contributed by atoms with E-state index >= 15 is 0 Å². The van der Waals surface area contributed by atoms with E-state index in [1.807, 2.05) is 0 Å². The number of aliphatic hydroxyl groups is 3. The maximum Gasteiger partial charge on any atom is 0.305 e. The van der Waals surface area contributed by atoms with Gasteiger partial charge in [-0.15, -0.1) is 0 Å². The van der Waals surface area contributed by atoms with Gasteiger partial charge >= 0.3 is 5.97 Å². The Morgan fingerprint density at radius 3 is 2.48 bits per heavy atom. The number of hydrogen-bond acceptors (Lipinski definition) is 8. The molecule has 5 saturated carbocycles. The van der Waals surface area contributed by atoms with E-state index in [4.69, 9.17) is 14.2 Å². The van der Waals surface area contributed by atoms with Crippen molar-refractivity contribution in [3.05, 3.63) is 0 Å². The normalized spacial score (nSPS) is 58.4. The van der Waals surface area contributed by atoms with Crippen molar-refractivity contribution in [2.45, 2.75) is 75.6 Å². The summed E-state index contributed by atoms with van der Waals surface area (Å²) in [5, 5.41) is 35.4. The highest BCUT2D eigenvalue weighted by Crippen LogP contribution is 2.80. The molecule has 0 aromatic heterocycles. The Kier molecular flexibility index (Phi) is 4.75. The van der Waals surface area contributed by atoms with Crippen LogP contribution in [0.5, 0.6) is 0 Å². The van der Waals surface area contributed by atoms with E-state index in [1.165, 1.54) is 6.92 Å². The lowest BCUT2D eigenvalue weighted by Gasteiger charge is -2.69. The quantitative estimate of drug-likeness (QED) is 0.404. The second-order valence-corrected chi connectivity index (χ2v) is 11.9. The van der Waals surface area contributed by atoms with Crippen LogP contribution in [0.4, 0.5) is 0 Å². The molecular weight excluding hydrogens is 426 g/mol. The molecule has 1 spiro atoms. The average Bonchev–Trinajstić information content (AvgIpc) is 3.15. The van der Waals surface area contributed by atoms with Gasteiger partial charge in [-0.3, -0.25) is 9.69 Å². The second kappa shape index (κ2) is 6.92. The molecule has 1 saturated heterocycles. The fourth-order valence-electron chi connectivity index (χ4n) is 10.8. The Balaban J connectivity index is 1.61. The van der Waals surface area contributed by atoms with Gasteiger partial charge in [-0.1, -0.05) is 6.92 Å². The molecule has 186 valence electrons. The molecule has 33 heavy (non-hydrogen) atoms. The number of aliphatic hydroxyl groups excluding tert-OH is 1. The van der Waals surface area contributed by atoms with Gasteiger partial charge in [0.05, 0.1) is 36.3 Å². The summed E-state index contributed by atoms with van der Waals surface area (Å²) in [7, 11) is 3.40. The monoisotopic (exact) mass is 465 g/mol. The van der Waals surface area contributed by atoms with Gasteiger partial charge in [0.2, 0.25) is 5.79 Å². The van der Waals surface area contributed by atoms with Crippen LogP contribution in [0.2, 0.25) is 0 Å². The number of fused-ring (bicyclic) bond motifs is 2. The van der Waals surface area contributed by atoms with Crippen molar-refractivity contribution in [2.24, 2.45) is 40.4 Å². The predicted octanol–water partition coefficient (Wildman–Crippen LogP) is 0.768. The number of ether oxygens (including phenoxy) is 3. The number of methoxy groups -OCH3 is 2. The summed E-state index contributed by atoms with van der Waals surface area (Å²) in [5.74, 6) is -3.27. The fourth-order valence-corrected chi connectivity index (χ4v) is 10.8. The molecule has 5 aliphatic carbocycles. The molecule has 0 aromatic rings. The van der Waals surface area contributed by atoms with Crippen molar-refractivity contribution in [2.75, 3.05) is 33.9 Å². The van der Waals surface area contributed by atoms with Crippen molar-refractivity contribution >= 4 is 5.97 Å². The molecule has 6 fully saturated rings. The minimum atomic E-state index is -1.76. The molecule has 8 heteroatoms. The lowest BCUT2D eigenvalue weighted by Crippen LogP contribution is -2.77.